The molecule has 3 heterocycles. The van der Waals surface area contributed by atoms with Crippen molar-refractivity contribution >= 4 is 16.9 Å². The van der Waals surface area contributed by atoms with Crippen LogP contribution in [0, 0.1) is 0 Å². The van der Waals surface area contributed by atoms with Crippen LogP contribution in [0.25, 0.3) is 22.2 Å². The number of methoxy groups -OCH3 is 1. The zero-order valence-corrected chi connectivity index (χ0v) is 14.6. The first kappa shape index (κ1) is 16.7. The van der Waals surface area contributed by atoms with Crippen LogP contribution < -0.4 is 10.1 Å². The third kappa shape index (κ3) is 3.62. The molecule has 1 aromatic carbocycles. The van der Waals surface area contributed by atoms with Crippen molar-refractivity contribution < 1.29 is 9.53 Å². The number of carbonyl (C=O) groups is 1. The lowest BCUT2D eigenvalue weighted by atomic mass is 10.1. The lowest BCUT2D eigenvalue weighted by Gasteiger charge is -2.06. The molecule has 0 fully saturated rings. The molecule has 2 N–H and O–H groups in total. The van der Waals surface area contributed by atoms with Gasteiger partial charge in [-0.05, 0) is 24.3 Å². The SMILES string of the molecule is COc1ccc(-c2cncc(C(=O)NCc3nc4ccccc4[nH]3)c2)cn1. The maximum atomic E-state index is 12.5. The molecule has 3 aromatic heterocycles. The number of fused-ring (bicyclic) bond motifs is 1. The van der Waals surface area contributed by atoms with Crippen molar-refractivity contribution in [2.24, 2.45) is 0 Å². The molecule has 0 saturated heterocycles. The standard InChI is InChI=1S/C20H17N5O2/c1-27-19-7-6-13(11-22-19)14-8-15(10-21-9-14)20(26)23-12-18-24-16-4-2-3-5-17(16)25-18/h2-11H,12H2,1H3,(H,23,26)(H,24,25). The Balaban J connectivity index is 1.48. The molecule has 27 heavy (non-hydrogen) atoms. The average Bonchev–Trinajstić information content (AvgIpc) is 3.15. The van der Waals surface area contributed by atoms with E-state index in [0.29, 0.717) is 23.8 Å². The van der Waals surface area contributed by atoms with E-state index in [-0.39, 0.29) is 5.91 Å². The quantitative estimate of drug-likeness (QED) is 0.571. The molecule has 7 heteroatoms. The number of amides is 1. The predicted octanol–water partition coefficient (Wildman–Crippen LogP) is 2.96. The van der Waals surface area contributed by atoms with Gasteiger partial charge in [-0.3, -0.25) is 9.78 Å². The molecule has 0 aliphatic rings. The maximum Gasteiger partial charge on any atom is 0.253 e. The summed E-state index contributed by atoms with van der Waals surface area (Å²) in [6.07, 6.45) is 4.92. The van der Waals surface area contributed by atoms with Gasteiger partial charge in [-0.15, -0.1) is 0 Å². The van der Waals surface area contributed by atoms with Crippen LogP contribution in [0.15, 0.2) is 61.1 Å². The third-order valence-corrected chi connectivity index (χ3v) is 4.13. The molecule has 4 aromatic rings. The van der Waals surface area contributed by atoms with Crippen LogP contribution in [0.2, 0.25) is 0 Å². The van der Waals surface area contributed by atoms with E-state index in [1.54, 1.807) is 31.6 Å². The van der Waals surface area contributed by atoms with Gasteiger partial charge in [-0.25, -0.2) is 9.97 Å². The summed E-state index contributed by atoms with van der Waals surface area (Å²) in [5.74, 6) is 1.02. The number of aromatic nitrogens is 4. The topological polar surface area (TPSA) is 92.8 Å². The number of rotatable bonds is 5. The number of nitrogens with one attached hydrogen (secondary N) is 2. The van der Waals surface area contributed by atoms with E-state index >= 15 is 0 Å². The van der Waals surface area contributed by atoms with Crippen molar-refractivity contribution in [1.82, 2.24) is 25.3 Å². The van der Waals surface area contributed by atoms with Crippen LogP contribution in [0.3, 0.4) is 0 Å². The highest BCUT2D eigenvalue weighted by Gasteiger charge is 2.10. The second-order valence-electron chi connectivity index (χ2n) is 5.93. The number of hydrogen-bond acceptors (Lipinski definition) is 5. The molecule has 134 valence electrons. The van der Waals surface area contributed by atoms with Gasteiger partial charge in [-0.1, -0.05) is 12.1 Å². The number of carbonyl (C=O) groups excluding carboxylic acids is 1. The van der Waals surface area contributed by atoms with E-state index in [9.17, 15) is 4.79 Å². The number of pyridine rings is 2. The van der Waals surface area contributed by atoms with Crippen molar-refractivity contribution in [1.29, 1.82) is 0 Å². The molecule has 4 rings (SSSR count). The fraction of sp³-hybridized carbons (Fsp3) is 0.100. The van der Waals surface area contributed by atoms with Crippen LogP contribution in [0.5, 0.6) is 5.88 Å². The highest BCUT2D eigenvalue weighted by molar-refractivity contribution is 5.95. The molecule has 0 aliphatic heterocycles. The first-order valence-electron chi connectivity index (χ1n) is 8.40. The van der Waals surface area contributed by atoms with E-state index in [4.69, 9.17) is 4.74 Å². The van der Waals surface area contributed by atoms with Crippen molar-refractivity contribution in [3.63, 3.8) is 0 Å². The Labute approximate surface area is 155 Å². The van der Waals surface area contributed by atoms with Crippen molar-refractivity contribution in [2.75, 3.05) is 7.11 Å². The number of hydrogen-bond donors (Lipinski definition) is 2. The van der Waals surface area contributed by atoms with E-state index in [1.807, 2.05) is 30.3 Å². The van der Waals surface area contributed by atoms with Gasteiger partial charge in [0, 0.05) is 35.8 Å². The van der Waals surface area contributed by atoms with Crippen LogP contribution in [-0.2, 0) is 6.54 Å². The Morgan fingerprint density at radius 3 is 2.78 bits per heavy atom. The number of aromatic amines is 1. The lowest BCUT2D eigenvalue weighted by Crippen LogP contribution is -2.23. The fourth-order valence-corrected chi connectivity index (χ4v) is 2.75. The summed E-state index contributed by atoms with van der Waals surface area (Å²) in [7, 11) is 1.57. The Morgan fingerprint density at radius 1 is 1.11 bits per heavy atom. The highest BCUT2D eigenvalue weighted by atomic mass is 16.5. The fourth-order valence-electron chi connectivity index (χ4n) is 2.75. The summed E-state index contributed by atoms with van der Waals surface area (Å²) in [6.45, 7) is 0.307. The summed E-state index contributed by atoms with van der Waals surface area (Å²) in [4.78, 5) is 28.5. The Morgan fingerprint density at radius 2 is 2.00 bits per heavy atom. The van der Waals surface area contributed by atoms with E-state index in [0.717, 1.165) is 22.2 Å². The molecule has 1 amide bonds. The normalized spacial score (nSPS) is 10.7. The lowest BCUT2D eigenvalue weighted by molar-refractivity contribution is 0.0949. The third-order valence-electron chi connectivity index (χ3n) is 4.13. The maximum absolute atomic E-state index is 12.5. The van der Waals surface area contributed by atoms with Gasteiger partial charge >= 0.3 is 0 Å². The molecule has 0 atom stereocenters. The predicted molar refractivity (Wildman–Crippen MR) is 101 cm³/mol. The average molecular weight is 359 g/mol. The molecule has 0 bridgehead atoms. The second kappa shape index (κ2) is 7.25. The molecule has 0 unspecified atom stereocenters. The zero-order chi connectivity index (χ0) is 18.6. The summed E-state index contributed by atoms with van der Waals surface area (Å²) in [5.41, 5.74) is 3.95. The summed E-state index contributed by atoms with van der Waals surface area (Å²) >= 11 is 0. The largest absolute Gasteiger partial charge is 0.481 e. The Bertz CT molecular complexity index is 1060. The summed E-state index contributed by atoms with van der Waals surface area (Å²) in [6, 6.07) is 13.2. The highest BCUT2D eigenvalue weighted by Crippen LogP contribution is 2.20. The first-order chi connectivity index (χ1) is 13.2. The minimum Gasteiger partial charge on any atom is -0.481 e. The number of ether oxygens (including phenoxy) is 1. The molecule has 7 nitrogen and oxygen atoms in total. The first-order valence-corrected chi connectivity index (χ1v) is 8.40. The van der Waals surface area contributed by atoms with Crippen LogP contribution in [-0.4, -0.2) is 33.0 Å². The molecule has 0 aliphatic carbocycles. The smallest absolute Gasteiger partial charge is 0.253 e. The number of para-hydroxylation sites is 2. The van der Waals surface area contributed by atoms with Crippen molar-refractivity contribution in [3.05, 3.63) is 72.4 Å². The minimum absolute atomic E-state index is 0.216. The van der Waals surface area contributed by atoms with Gasteiger partial charge in [0.25, 0.3) is 5.91 Å². The van der Waals surface area contributed by atoms with Gasteiger partial charge in [0.15, 0.2) is 0 Å². The summed E-state index contributed by atoms with van der Waals surface area (Å²) < 4.78 is 5.06. The van der Waals surface area contributed by atoms with Crippen LogP contribution in [0.1, 0.15) is 16.2 Å². The van der Waals surface area contributed by atoms with Crippen LogP contribution >= 0.6 is 0 Å². The van der Waals surface area contributed by atoms with E-state index < -0.39 is 0 Å². The van der Waals surface area contributed by atoms with Crippen molar-refractivity contribution in [2.45, 2.75) is 6.54 Å². The Kier molecular flexibility index (Phi) is 4.49. The van der Waals surface area contributed by atoms with Gasteiger partial charge in [0.1, 0.15) is 5.82 Å². The molecule has 0 radical (unpaired) electrons. The zero-order valence-electron chi connectivity index (χ0n) is 14.6. The van der Waals surface area contributed by atoms with Gasteiger partial charge in [-0.2, -0.15) is 0 Å². The molecular weight excluding hydrogens is 342 g/mol. The van der Waals surface area contributed by atoms with Crippen molar-refractivity contribution in [3.8, 4) is 17.0 Å². The van der Waals surface area contributed by atoms with Gasteiger partial charge in [0.2, 0.25) is 5.88 Å². The molecule has 0 saturated carbocycles. The number of benzene rings is 1. The molecule has 0 spiro atoms. The Hall–Kier alpha value is -3.74. The van der Waals surface area contributed by atoms with Gasteiger partial charge in [0.05, 0.1) is 30.3 Å². The molecular formula is C20H17N5O2. The number of nitrogens with zero attached hydrogens (tertiary/aromatic N) is 3. The minimum atomic E-state index is -0.216. The summed E-state index contributed by atoms with van der Waals surface area (Å²) in [5, 5.41) is 2.86. The monoisotopic (exact) mass is 359 g/mol. The number of imidazole rings is 1. The number of H-pyrrole nitrogens is 1. The van der Waals surface area contributed by atoms with Crippen LogP contribution in [0.4, 0.5) is 0 Å². The van der Waals surface area contributed by atoms with E-state index in [1.165, 1.54) is 6.20 Å². The second-order valence-corrected chi connectivity index (χ2v) is 5.93. The van der Waals surface area contributed by atoms with Gasteiger partial charge < -0.3 is 15.0 Å². The van der Waals surface area contributed by atoms with E-state index in [2.05, 4.69) is 25.3 Å².